The van der Waals surface area contributed by atoms with Gasteiger partial charge in [0, 0.05) is 12.2 Å². The van der Waals surface area contributed by atoms with Gasteiger partial charge < -0.3 is 10.6 Å². The van der Waals surface area contributed by atoms with Crippen molar-refractivity contribution < 1.29 is 13.6 Å². The van der Waals surface area contributed by atoms with E-state index in [1.807, 2.05) is 0 Å². The lowest BCUT2D eigenvalue weighted by Gasteiger charge is -2.08. The highest BCUT2D eigenvalue weighted by Crippen LogP contribution is 2.12. The fourth-order valence-electron chi connectivity index (χ4n) is 2.44. The van der Waals surface area contributed by atoms with Crippen molar-refractivity contribution >= 4 is 17.3 Å². The van der Waals surface area contributed by atoms with Gasteiger partial charge in [0.1, 0.15) is 17.3 Å². The molecule has 1 aromatic heterocycles. The second kappa shape index (κ2) is 8.20. The Bertz CT molecular complexity index is 898. The lowest BCUT2D eigenvalue weighted by Crippen LogP contribution is -2.14. The topological polar surface area (TPSA) is 54.0 Å². The highest BCUT2D eigenvalue weighted by Gasteiger charge is 2.08. The molecule has 0 atom stereocenters. The van der Waals surface area contributed by atoms with E-state index in [-0.39, 0.29) is 11.5 Å². The lowest BCUT2D eigenvalue weighted by molar-refractivity contribution is 0.102. The van der Waals surface area contributed by atoms with Crippen molar-refractivity contribution in [2.24, 2.45) is 0 Å². The minimum atomic E-state index is -0.426. The summed E-state index contributed by atoms with van der Waals surface area (Å²) >= 11 is 0. The number of pyridine rings is 1. The summed E-state index contributed by atoms with van der Waals surface area (Å²) < 4.78 is 26.7. The molecule has 1 amide bonds. The molecule has 2 aromatic carbocycles. The van der Waals surface area contributed by atoms with Crippen molar-refractivity contribution in [1.29, 1.82) is 0 Å². The van der Waals surface area contributed by atoms with Crippen LogP contribution in [-0.4, -0.2) is 17.4 Å². The van der Waals surface area contributed by atoms with Gasteiger partial charge in [-0.25, -0.2) is 13.8 Å². The molecule has 132 valence electrons. The number of aromatic nitrogens is 1. The Hall–Kier alpha value is -3.28. The number of anilines is 2. The van der Waals surface area contributed by atoms with Gasteiger partial charge in [-0.2, -0.15) is 0 Å². The van der Waals surface area contributed by atoms with Crippen LogP contribution in [0.4, 0.5) is 20.2 Å². The first kappa shape index (κ1) is 17.5. The molecule has 3 rings (SSSR count). The van der Waals surface area contributed by atoms with E-state index in [1.165, 1.54) is 30.5 Å². The SMILES string of the molecule is O=C(Nc1cccc(F)c1)c1ccc(NCCc2ccccc2F)cn1. The van der Waals surface area contributed by atoms with Crippen molar-refractivity contribution in [3.63, 3.8) is 0 Å². The Morgan fingerprint density at radius 2 is 1.81 bits per heavy atom. The first-order chi connectivity index (χ1) is 12.6. The van der Waals surface area contributed by atoms with Crippen LogP contribution in [0, 0.1) is 11.6 Å². The molecule has 3 aromatic rings. The zero-order valence-corrected chi connectivity index (χ0v) is 13.9. The minimum absolute atomic E-state index is 0.217. The van der Waals surface area contributed by atoms with Crippen LogP contribution in [0.5, 0.6) is 0 Å². The molecule has 4 nitrogen and oxygen atoms in total. The Kier molecular flexibility index (Phi) is 5.53. The molecule has 2 N–H and O–H groups in total. The third-order valence-corrected chi connectivity index (χ3v) is 3.76. The van der Waals surface area contributed by atoms with Crippen LogP contribution in [-0.2, 0) is 6.42 Å². The van der Waals surface area contributed by atoms with Crippen LogP contribution in [0.1, 0.15) is 16.1 Å². The van der Waals surface area contributed by atoms with Crippen LogP contribution in [0.2, 0.25) is 0 Å². The molecule has 0 aliphatic carbocycles. The van der Waals surface area contributed by atoms with Gasteiger partial charge in [-0.05, 0) is 48.4 Å². The number of carbonyl (C=O) groups is 1. The second-order valence-electron chi connectivity index (χ2n) is 5.66. The summed E-state index contributed by atoms with van der Waals surface area (Å²) in [5, 5.41) is 5.72. The molecule has 0 spiro atoms. The van der Waals surface area contributed by atoms with Crippen molar-refractivity contribution in [3.8, 4) is 0 Å². The molecular weight excluding hydrogens is 336 g/mol. The predicted molar refractivity (Wildman–Crippen MR) is 97.2 cm³/mol. The Labute approximate surface area is 149 Å². The Balaban J connectivity index is 1.54. The van der Waals surface area contributed by atoms with Gasteiger partial charge in [-0.1, -0.05) is 24.3 Å². The lowest BCUT2D eigenvalue weighted by atomic mass is 10.1. The molecule has 1 heterocycles. The van der Waals surface area contributed by atoms with Gasteiger partial charge >= 0.3 is 0 Å². The maximum atomic E-state index is 13.6. The maximum absolute atomic E-state index is 13.6. The van der Waals surface area contributed by atoms with Crippen molar-refractivity contribution in [3.05, 3.63) is 89.8 Å². The first-order valence-electron chi connectivity index (χ1n) is 8.12. The standard InChI is InChI=1S/C20H17F2N3O/c21-15-5-3-6-16(12-15)25-20(26)19-9-8-17(13-24-19)23-11-10-14-4-1-2-7-18(14)22/h1-9,12-13,23H,10-11H2,(H,25,26). The van der Waals surface area contributed by atoms with Gasteiger partial charge in [-0.15, -0.1) is 0 Å². The largest absolute Gasteiger partial charge is 0.383 e. The molecule has 0 saturated heterocycles. The summed E-state index contributed by atoms with van der Waals surface area (Å²) in [4.78, 5) is 16.2. The summed E-state index contributed by atoms with van der Waals surface area (Å²) in [6.07, 6.45) is 2.07. The highest BCUT2D eigenvalue weighted by molar-refractivity contribution is 6.02. The number of nitrogens with one attached hydrogen (secondary N) is 2. The average Bonchev–Trinajstić information content (AvgIpc) is 2.64. The van der Waals surface area contributed by atoms with Crippen LogP contribution in [0.3, 0.4) is 0 Å². The van der Waals surface area contributed by atoms with Crippen LogP contribution < -0.4 is 10.6 Å². The number of amides is 1. The van der Waals surface area contributed by atoms with E-state index in [1.54, 1.807) is 36.4 Å². The molecule has 0 aliphatic rings. The summed E-state index contributed by atoms with van der Waals surface area (Å²) in [7, 11) is 0. The summed E-state index contributed by atoms with van der Waals surface area (Å²) in [5.41, 5.74) is 1.94. The van der Waals surface area contributed by atoms with Gasteiger partial charge in [0.2, 0.25) is 0 Å². The van der Waals surface area contributed by atoms with Crippen molar-refractivity contribution in [2.45, 2.75) is 6.42 Å². The second-order valence-corrected chi connectivity index (χ2v) is 5.66. The van der Waals surface area contributed by atoms with E-state index in [0.717, 1.165) is 5.69 Å². The van der Waals surface area contributed by atoms with Gasteiger partial charge in [0.15, 0.2) is 0 Å². The monoisotopic (exact) mass is 353 g/mol. The van der Waals surface area contributed by atoms with Crippen LogP contribution >= 0.6 is 0 Å². The van der Waals surface area contributed by atoms with Gasteiger partial charge in [0.25, 0.3) is 5.91 Å². The molecule has 0 saturated carbocycles. The fraction of sp³-hybridized carbons (Fsp3) is 0.100. The number of hydrogen-bond acceptors (Lipinski definition) is 3. The zero-order chi connectivity index (χ0) is 18.4. The van der Waals surface area contributed by atoms with Gasteiger partial charge in [0.05, 0.1) is 11.9 Å². The highest BCUT2D eigenvalue weighted by atomic mass is 19.1. The smallest absolute Gasteiger partial charge is 0.274 e. The van der Waals surface area contributed by atoms with Crippen LogP contribution in [0.15, 0.2) is 66.9 Å². The molecule has 0 aliphatic heterocycles. The Morgan fingerprint density at radius 1 is 0.962 bits per heavy atom. The first-order valence-corrected chi connectivity index (χ1v) is 8.12. The molecule has 6 heteroatoms. The van der Waals surface area contributed by atoms with Crippen molar-refractivity contribution in [2.75, 3.05) is 17.2 Å². The van der Waals surface area contributed by atoms with Crippen LogP contribution in [0.25, 0.3) is 0 Å². The van der Waals surface area contributed by atoms with Gasteiger partial charge in [-0.3, -0.25) is 4.79 Å². The predicted octanol–water partition coefficient (Wildman–Crippen LogP) is 4.27. The normalized spacial score (nSPS) is 10.4. The van der Waals surface area contributed by atoms with E-state index in [9.17, 15) is 13.6 Å². The maximum Gasteiger partial charge on any atom is 0.274 e. The van der Waals surface area contributed by atoms with E-state index < -0.39 is 11.7 Å². The molecule has 0 radical (unpaired) electrons. The quantitative estimate of drug-likeness (QED) is 0.696. The zero-order valence-electron chi connectivity index (χ0n) is 13.9. The molecule has 0 unspecified atom stereocenters. The third-order valence-electron chi connectivity index (χ3n) is 3.76. The average molecular weight is 353 g/mol. The summed E-state index contributed by atoms with van der Waals surface area (Å²) in [5.74, 6) is -1.07. The molecule has 0 fully saturated rings. The number of nitrogens with zero attached hydrogens (tertiary/aromatic N) is 1. The number of hydrogen-bond donors (Lipinski definition) is 2. The van der Waals surface area contributed by atoms with E-state index in [2.05, 4.69) is 15.6 Å². The number of benzene rings is 2. The van der Waals surface area contributed by atoms with E-state index in [0.29, 0.717) is 24.2 Å². The Morgan fingerprint density at radius 3 is 2.54 bits per heavy atom. The number of rotatable bonds is 6. The molecule has 0 bridgehead atoms. The van der Waals surface area contributed by atoms with E-state index in [4.69, 9.17) is 0 Å². The number of halogens is 2. The number of carbonyl (C=O) groups excluding carboxylic acids is 1. The molecular formula is C20H17F2N3O. The van der Waals surface area contributed by atoms with Crippen molar-refractivity contribution in [1.82, 2.24) is 4.98 Å². The molecule has 26 heavy (non-hydrogen) atoms. The summed E-state index contributed by atoms with van der Waals surface area (Å²) in [6.45, 7) is 0.539. The summed E-state index contributed by atoms with van der Waals surface area (Å²) in [6, 6.07) is 15.6. The third kappa shape index (κ3) is 4.63. The fourth-order valence-corrected chi connectivity index (χ4v) is 2.44. The van der Waals surface area contributed by atoms with E-state index >= 15 is 0 Å². The minimum Gasteiger partial charge on any atom is -0.383 e.